The zero-order chi connectivity index (χ0) is 26.5. The molecule has 0 fully saturated rings. The van der Waals surface area contributed by atoms with Crippen molar-refractivity contribution in [1.29, 1.82) is 0 Å². The molecule has 0 spiro atoms. The van der Waals surface area contributed by atoms with Crippen molar-refractivity contribution in [3.05, 3.63) is 24.3 Å². The van der Waals surface area contributed by atoms with Gasteiger partial charge in [-0.2, -0.15) is 0 Å². The first-order valence-corrected chi connectivity index (χ1v) is 15.5. The van der Waals surface area contributed by atoms with Crippen molar-refractivity contribution >= 4 is 5.91 Å². The van der Waals surface area contributed by atoms with E-state index in [4.69, 9.17) is 0 Å². The van der Waals surface area contributed by atoms with Crippen LogP contribution < -0.4 is 5.32 Å². The number of carbonyl (C=O) groups is 1. The molecule has 0 aromatic carbocycles. The van der Waals surface area contributed by atoms with E-state index in [1.54, 1.807) is 0 Å². The molecule has 0 aromatic rings. The molecular weight excluding hydrogens is 446 g/mol. The maximum absolute atomic E-state index is 12.2. The van der Waals surface area contributed by atoms with Crippen molar-refractivity contribution in [1.82, 2.24) is 5.32 Å². The van der Waals surface area contributed by atoms with Crippen LogP contribution in [0.2, 0.25) is 0 Å². The summed E-state index contributed by atoms with van der Waals surface area (Å²) in [5.74, 6) is -0.102. The van der Waals surface area contributed by atoms with E-state index in [1.807, 2.05) is 6.08 Å². The number of nitrogens with one attached hydrogen (secondary N) is 1. The van der Waals surface area contributed by atoms with E-state index >= 15 is 0 Å². The Morgan fingerprint density at radius 3 is 1.67 bits per heavy atom. The van der Waals surface area contributed by atoms with Crippen LogP contribution in [0.1, 0.15) is 155 Å². The van der Waals surface area contributed by atoms with Crippen molar-refractivity contribution in [3.8, 4) is 0 Å². The first kappa shape index (κ1) is 34.9. The number of allylic oxidation sites excluding steroid dienone is 4. The summed E-state index contributed by atoms with van der Waals surface area (Å²) in [5.41, 5.74) is 0. The summed E-state index contributed by atoms with van der Waals surface area (Å²) < 4.78 is 0. The predicted molar refractivity (Wildman–Crippen MR) is 156 cm³/mol. The fourth-order valence-corrected chi connectivity index (χ4v) is 4.53. The summed E-state index contributed by atoms with van der Waals surface area (Å²) in [4.78, 5) is 12.2. The molecule has 1 amide bonds. The highest BCUT2D eigenvalue weighted by atomic mass is 16.3. The molecule has 4 heteroatoms. The molecule has 3 N–H and O–H groups in total. The van der Waals surface area contributed by atoms with Gasteiger partial charge in [-0.05, 0) is 32.1 Å². The Labute approximate surface area is 224 Å². The van der Waals surface area contributed by atoms with E-state index in [9.17, 15) is 15.0 Å². The van der Waals surface area contributed by atoms with Crippen molar-refractivity contribution in [2.24, 2.45) is 0 Å². The van der Waals surface area contributed by atoms with Gasteiger partial charge in [0.1, 0.15) is 0 Å². The number of carbonyl (C=O) groups excluding carboxylic acids is 1. The lowest BCUT2D eigenvalue weighted by atomic mass is 10.0. The molecule has 4 nitrogen and oxygen atoms in total. The second-order valence-electron chi connectivity index (χ2n) is 10.5. The van der Waals surface area contributed by atoms with E-state index < -0.39 is 12.1 Å². The van der Waals surface area contributed by atoms with E-state index in [-0.39, 0.29) is 12.5 Å². The van der Waals surface area contributed by atoms with E-state index in [1.165, 1.54) is 96.3 Å². The van der Waals surface area contributed by atoms with Gasteiger partial charge in [0.2, 0.25) is 5.91 Å². The molecule has 0 aliphatic heterocycles. The summed E-state index contributed by atoms with van der Waals surface area (Å²) in [7, 11) is 0. The van der Waals surface area contributed by atoms with E-state index in [0.717, 1.165) is 25.7 Å². The third-order valence-corrected chi connectivity index (χ3v) is 6.98. The van der Waals surface area contributed by atoms with E-state index in [0.29, 0.717) is 19.3 Å². The van der Waals surface area contributed by atoms with Crippen LogP contribution in [-0.4, -0.2) is 34.9 Å². The molecule has 2 atom stereocenters. The van der Waals surface area contributed by atoms with Crippen molar-refractivity contribution < 1.29 is 15.0 Å². The molecule has 0 aromatic heterocycles. The molecule has 0 bridgehead atoms. The maximum atomic E-state index is 12.2. The molecular formula is C32H61NO3. The Morgan fingerprint density at radius 2 is 1.14 bits per heavy atom. The van der Waals surface area contributed by atoms with Gasteiger partial charge in [0, 0.05) is 6.42 Å². The highest BCUT2D eigenvalue weighted by Crippen LogP contribution is 2.13. The number of rotatable bonds is 27. The summed E-state index contributed by atoms with van der Waals surface area (Å²) in [6.45, 7) is 4.29. The van der Waals surface area contributed by atoms with Gasteiger partial charge in [-0.3, -0.25) is 4.79 Å². The molecule has 0 rings (SSSR count). The normalized spacial score (nSPS) is 13.6. The van der Waals surface area contributed by atoms with Gasteiger partial charge in [0.25, 0.3) is 0 Å². The minimum atomic E-state index is -0.676. The smallest absolute Gasteiger partial charge is 0.220 e. The highest BCUT2D eigenvalue weighted by molar-refractivity contribution is 5.76. The first-order valence-electron chi connectivity index (χ1n) is 15.5. The average molecular weight is 508 g/mol. The van der Waals surface area contributed by atoms with Gasteiger partial charge in [0.15, 0.2) is 0 Å². The fourth-order valence-electron chi connectivity index (χ4n) is 4.53. The van der Waals surface area contributed by atoms with Gasteiger partial charge < -0.3 is 15.5 Å². The number of hydrogen-bond acceptors (Lipinski definition) is 3. The zero-order valence-electron chi connectivity index (χ0n) is 24.0. The van der Waals surface area contributed by atoms with Crippen LogP contribution >= 0.6 is 0 Å². The Morgan fingerprint density at radius 1 is 0.667 bits per heavy atom. The lowest BCUT2D eigenvalue weighted by molar-refractivity contribution is -0.123. The van der Waals surface area contributed by atoms with Crippen LogP contribution in [-0.2, 0) is 4.79 Å². The lowest BCUT2D eigenvalue weighted by Crippen LogP contribution is -2.45. The van der Waals surface area contributed by atoms with Crippen LogP contribution in [0.25, 0.3) is 0 Å². The number of unbranched alkanes of at least 4 members (excludes halogenated alkanes) is 16. The molecule has 0 aliphatic rings. The van der Waals surface area contributed by atoms with Crippen LogP contribution in [0.4, 0.5) is 0 Å². The van der Waals surface area contributed by atoms with Gasteiger partial charge >= 0.3 is 0 Å². The molecule has 212 valence electrons. The molecule has 0 saturated heterocycles. The lowest BCUT2D eigenvalue weighted by Gasteiger charge is -2.22. The molecule has 0 saturated carbocycles. The monoisotopic (exact) mass is 507 g/mol. The number of aliphatic hydroxyl groups excluding tert-OH is 2. The van der Waals surface area contributed by atoms with Gasteiger partial charge in [-0.1, -0.05) is 141 Å². The predicted octanol–water partition coefficient (Wildman–Crippen LogP) is 8.56. The largest absolute Gasteiger partial charge is 0.394 e. The molecule has 0 heterocycles. The van der Waals surface area contributed by atoms with Crippen LogP contribution in [0.15, 0.2) is 24.3 Å². The molecule has 0 radical (unpaired) electrons. The second-order valence-corrected chi connectivity index (χ2v) is 10.5. The number of amides is 1. The number of hydrogen-bond donors (Lipinski definition) is 3. The minimum absolute atomic E-state index is 0.102. The highest BCUT2D eigenvalue weighted by Gasteiger charge is 2.19. The van der Waals surface area contributed by atoms with Gasteiger partial charge in [-0.25, -0.2) is 0 Å². The third-order valence-electron chi connectivity index (χ3n) is 6.98. The summed E-state index contributed by atoms with van der Waals surface area (Å²) >= 11 is 0. The Balaban J connectivity index is 3.72. The van der Waals surface area contributed by atoms with Gasteiger partial charge in [-0.15, -0.1) is 0 Å². The first-order chi connectivity index (χ1) is 17.7. The number of aliphatic hydroxyl groups is 2. The molecule has 0 aliphatic carbocycles. The maximum Gasteiger partial charge on any atom is 0.220 e. The zero-order valence-corrected chi connectivity index (χ0v) is 24.0. The van der Waals surface area contributed by atoms with E-state index in [2.05, 4.69) is 37.4 Å². The Bertz CT molecular complexity index is 518. The Kier molecular flexibility index (Phi) is 27.5. The van der Waals surface area contributed by atoms with Crippen molar-refractivity contribution in [3.63, 3.8) is 0 Å². The van der Waals surface area contributed by atoms with Crippen LogP contribution in [0, 0.1) is 0 Å². The summed E-state index contributed by atoms with van der Waals surface area (Å²) in [5, 5.41) is 22.8. The van der Waals surface area contributed by atoms with Crippen molar-refractivity contribution in [2.45, 2.75) is 167 Å². The van der Waals surface area contributed by atoms with Crippen molar-refractivity contribution in [2.75, 3.05) is 6.61 Å². The fraction of sp³-hybridized carbons (Fsp3) is 0.844. The molecule has 2 unspecified atom stereocenters. The Hall–Kier alpha value is -1.13. The SMILES string of the molecule is CCCCCCCC/C=C\C/C=C\CCC(=O)NC(CO)C(O)CCCCCCCCCCCCC. The van der Waals surface area contributed by atoms with Crippen LogP contribution in [0.5, 0.6) is 0 Å². The average Bonchev–Trinajstić information content (AvgIpc) is 2.88. The van der Waals surface area contributed by atoms with Crippen LogP contribution in [0.3, 0.4) is 0 Å². The second kappa shape index (κ2) is 28.4. The summed E-state index contributed by atoms with van der Waals surface area (Å²) in [6.07, 6.45) is 33.7. The third kappa shape index (κ3) is 24.6. The topological polar surface area (TPSA) is 69.6 Å². The molecule has 36 heavy (non-hydrogen) atoms. The standard InChI is InChI=1S/C32H61NO3/c1-3-5-7-9-11-13-15-16-18-20-22-24-26-28-32(36)33-30(29-34)31(35)27-25-23-21-19-17-14-12-10-8-6-4-2/h16,18,22,24,30-31,34-35H,3-15,17,19-21,23,25-29H2,1-2H3,(H,33,36)/b18-16-,24-22-. The summed E-state index contributed by atoms with van der Waals surface area (Å²) in [6, 6.07) is -0.561. The minimum Gasteiger partial charge on any atom is -0.394 e. The van der Waals surface area contributed by atoms with Gasteiger partial charge in [0.05, 0.1) is 18.8 Å². The quantitative estimate of drug-likeness (QED) is 0.0770.